The van der Waals surface area contributed by atoms with Gasteiger partial charge in [0.25, 0.3) is 0 Å². The molecule has 1 radical (unpaired) electrons. The molecule has 0 amide bonds. The van der Waals surface area contributed by atoms with Gasteiger partial charge >= 0.3 is 0 Å². The summed E-state index contributed by atoms with van der Waals surface area (Å²) in [5.74, 6) is 0. The molecule has 0 nitrogen and oxygen atoms in total. The van der Waals surface area contributed by atoms with Crippen LogP contribution in [0.25, 0.3) is 5.57 Å². The number of benzene rings is 1. The van der Waals surface area contributed by atoms with E-state index in [1.165, 1.54) is 22.3 Å². The molecule has 0 spiro atoms. The van der Waals surface area contributed by atoms with E-state index in [1.54, 1.807) is 0 Å². The Bertz CT molecular complexity index is 459. The first-order valence-electron chi connectivity index (χ1n) is 5.96. The van der Waals surface area contributed by atoms with Crippen LogP contribution in [0, 0.1) is 14.4 Å². The fourth-order valence-electron chi connectivity index (χ4n) is 2.08. The number of hydrogen-bond acceptors (Lipinski definition) is 0. The molecule has 0 saturated carbocycles. The molecule has 0 heterocycles. The van der Waals surface area contributed by atoms with Crippen molar-refractivity contribution in [2.45, 2.75) is 39.5 Å². The number of allylic oxidation sites excluding steroid dienone is 4. The minimum atomic E-state index is 0. The smallest absolute Gasteiger partial charge is 0 e. The molecule has 1 aliphatic rings. The van der Waals surface area contributed by atoms with Crippen molar-refractivity contribution < 1.29 is 32.7 Å². The van der Waals surface area contributed by atoms with Gasteiger partial charge in [0.2, 0.25) is 0 Å². The standard InChI is InChI=1S/C16H20.CH3.Y/c1-12-9-10-14(16(2,3)4)11-15(12)13-7-5-6-8-13;;/h5-7,9-11H,8H2,1-4H3;1H3;/q;-1;. The fraction of sp³-hybridized carbons (Fsp3) is 0.353. The molecule has 95 valence electrons. The van der Waals surface area contributed by atoms with Crippen molar-refractivity contribution in [1.82, 2.24) is 0 Å². The maximum atomic E-state index is 2.36. The Morgan fingerprint density at radius 1 is 1.11 bits per heavy atom. The van der Waals surface area contributed by atoms with Gasteiger partial charge in [0.15, 0.2) is 0 Å². The van der Waals surface area contributed by atoms with Gasteiger partial charge in [-0.05, 0) is 41.0 Å². The van der Waals surface area contributed by atoms with Crippen molar-refractivity contribution in [2.75, 3.05) is 0 Å². The van der Waals surface area contributed by atoms with Crippen LogP contribution in [0.2, 0.25) is 0 Å². The Kier molecular flexibility index (Phi) is 6.75. The summed E-state index contributed by atoms with van der Waals surface area (Å²) >= 11 is 0. The average Bonchev–Trinajstić information content (AvgIpc) is 2.69. The maximum absolute atomic E-state index is 2.36. The number of hydrogen-bond donors (Lipinski definition) is 0. The van der Waals surface area contributed by atoms with E-state index < -0.39 is 0 Å². The van der Waals surface area contributed by atoms with Gasteiger partial charge < -0.3 is 7.43 Å². The Labute approximate surface area is 137 Å². The molecular weight excluding hydrogens is 293 g/mol. The second-order valence-corrected chi connectivity index (χ2v) is 5.60. The molecule has 1 aromatic rings. The van der Waals surface area contributed by atoms with Crippen LogP contribution in [0.1, 0.15) is 43.9 Å². The zero-order chi connectivity index (χ0) is 11.8. The van der Waals surface area contributed by atoms with Crippen LogP contribution < -0.4 is 0 Å². The third-order valence-electron chi connectivity index (χ3n) is 3.22. The Morgan fingerprint density at radius 2 is 1.78 bits per heavy atom. The molecule has 18 heavy (non-hydrogen) atoms. The SMILES string of the molecule is Cc1ccc(C(C)(C)C)cc1C1=CC=CC1.[CH3-].[Y]. The molecule has 1 aromatic carbocycles. The van der Waals surface area contributed by atoms with Gasteiger partial charge in [0.1, 0.15) is 0 Å². The van der Waals surface area contributed by atoms with Crippen molar-refractivity contribution in [3.05, 3.63) is 60.5 Å². The molecule has 1 aliphatic carbocycles. The van der Waals surface area contributed by atoms with Gasteiger partial charge in [0.05, 0.1) is 0 Å². The Balaban J connectivity index is 0.00000144. The van der Waals surface area contributed by atoms with Crippen molar-refractivity contribution in [1.29, 1.82) is 0 Å². The first-order valence-corrected chi connectivity index (χ1v) is 5.96. The zero-order valence-electron chi connectivity index (χ0n) is 12.2. The minimum absolute atomic E-state index is 0. The second-order valence-electron chi connectivity index (χ2n) is 5.60. The molecule has 2 rings (SSSR count). The molecule has 0 atom stereocenters. The van der Waals surface area contributed by atoms with Crippen LogP contribution in [0.4, 0.5) is 0 Å². The van der Waals surface area contributed by atoms with Gasteiger partial charge in [-0.15, -0.1) is 0 Å². The van der Waals surface area contributed by atoms with Gasteiger partial charge in [-0.3, -0.25) is 0 Å². The second kappa shape index (κ2) is 6.82. The van der Waals surface area contributed by atoms with Crippen LogP contribution in [0.15, 0.2) is 36.4 Å². The summed E-state index contributed by atoms with van der Waals surface area (Å²) in [7, 11) is 0. The summed E-state index contributed by atoms with van der Waals surface area (Å²) < 4.78 is 0. The van der Waals surface area contributed by atoms with Gasteiger partial charge in [-0.2, -0.15) is 0 Å². The third-order valence-corrected chi connectivity index (χ3v) is 3.22. The van der Waals surface area contributed by atoms with E-state index in [0.29, 0.717) is 0 Å². The van der Waals surface area contributed by atoms with E-state index in [1.807, 2.05) is 0 Å². The molecule has 0 bridgehead atoms. The van der Waals surface area contributed by atoms with E-state index in [-0.39, 0.29) is 45.6 Å². The van der Waals surface area contributed by atoms with Crippen LogP contribution in [-0.2, 0) is 38.1 Å². The Morgan fingerprint density at radius 3 is 2.28 bits per heavy atom. The summed E-state index contributed by atoms with van der Waals surface area (Å²) in [5.41, 5.74) is 5.89. The van der Waals surface area contributed by atoms with Crippen molar-refractivity contribution in [3.63, 3.8) is 0 Å². The number of aryl methyl sites for hydroxylation is 1. The summed E-state index contributed by atoms with van der Waals surface area (Å²) in [4.78, 5) is 0. The largest absolute Gasteiger partial charge is 0.358 e. The van der Waals surface area contributed by atoms with Crippen molar-refractivity contribution >= 4 is 5.57 Å². The molecule has 0 fully saturated rings. The van der Waals surface area contributed by atoms with Crippen molar-refractivity contribution in [2.24, 2.45) is 0 Å². The first kappa shape index (κ1) is 17.8. The quantitative estimate of drug-likeness (QED) is 0.634. The molecule has 0 aliphatic heterocycles. The maximum Gasteiger partial charge on any atom is 0 e. The van der Waals surface area contributed by atoms with Gasteiger partial charge in [-0.25, -0.2) is 0 Å². The fourth-order valence-corrected chi connectivity index (χ4v) is 2.08. The molecular formula is C17H23Y-. The van der Waals surface area contributed by atoms with E-state index in [2.05, 4.69) is 64.1 Å². The summed E-state index contributed by atoms with van der Waals surface area (Å²) in [6.45, 7) is 9.00. The van der Waals surface area contributed by atoms with E-state index in [0.717, 1.165) is 6.42 Å². The molecule has 1 heteroatoms. The van der Waals surface area contributed by atoms with E-state index in [4.69, 9.17) is 0 Å². The molecule has 0 aromatic heterocycles. The molecule has 0 N–H and O–H groups in total. The average molecular weight is 316 g/mol. The minimum Gasteiger partial charge on any atom is -0.358 e. The normalized spacial score (nSPS) is 13.7. The first-order chi connectivity index (χ1) is 7.48. The summed E-state index contributed by atoms with van der Waals surface area (Å²) in [6.07, 6.45) is 7.68. The van der Waals surface area contributed by atoms with Gasteiger partial charge in [-0.1, -0.05) is 57.2 Å². The molecule has 0 unspecified atom stereocenters. The predicted octanol–water partition coefficient (Wildman–Crippen LogP) is 5.08. The van der Waals surface area contributed by atoms with Crippen molar-refractivity contribution in [3.8, 4) is 0 Å². The summed E-state index contributed by atoms with van der Waals surface area (Å²) in [6, 6.07) is 6.85. The van der Waals surface area contributed by atoms with Crippen LogP contribution in [0.5, 0.6) is 0 Å². The number of rotatable bonds is 1. The van der Waals surface area contributed by atoms with Crippen LogP contribution in [0.3, 0.4) is 0 Å². The summed E-state index contributed by atoms with van der Waals surface area (Å²) in [5, 5.41) is 0. The van der Waals surface area contributed by atoms with Crippen LogP contribution >= 0.6 is 0 Å². The van der Waals surface area contributed by atoms with E-state index in [9.17, 15) is 0 Å². The van der Waals surface area contributed by atoms with Crippen LogP contribution in [-0.4, -0.2) is 0 Å². The monoisotopic (exact) mass is 316 g/mol. The van der Waals surface area contributed by atoms with E-state index >= 15 is 0 Å². The third kappa shape index (κ3) is 3.90. The molecule has 0 saturated heterocycles. The predicted molar refractivity (Wildman–Crippen MR) is 78.0 cm³/mol. The Hall–Kier alpha value is -0.196. The van der Waals surface area contributed by atoms with Gasteiger partial charge in [0, 0.05) is 32.7 Å². The zero-order valence-corrected chi connectivity index (χ0v) is 15.1. The topological polar surface area (TPSA) is 0 Å².